The molecule has 0 saturated carbocycles. The molecular formula is C13H15NO5. The van der Waals surface area contributed by atoms with Crippen LogP contribution in [0.5, 0.6) is 0 Å². The average molecular weight is 265 g/mol. The van der Waals surface area contributed by atoms with Crippen molar-refractivity contribution in [3.63, 3.8) is 0 Å². The molecule has 1 aromatic rings. The number of ketones is 1. The molecule has 0 aliphatic carbocycles. The normalized spacial score (nSPS) is 24.9. The zero-order chi connectivity index (χ0) is 14.0. The van der Waals surface area contributed by atoms with Crippen molar-refractivity contribution in [2.24, 2.45) is 0 Å². The lowest BCUT2D eigenvalue weighted by atomic mass is 10.1. The van der Waals surface area contributed by atoms with Crippen LogP contribution in [0.4, 0.5) is 0 Å². The fourth-order valence-electron chi connectivity index (χ4n) is 2.21. The fourth-order valence-corrected chi connectivity index (χ4v) is 2.21. The van der Waals surface area contributed by atoms with Gasteiger partial charge in [0.2, 0.25) is 0 Å². The second-order valence-electron chi connectivity index (χ2n) is 4.47. The van der Waals surface area contributed by atoms with Gasteiger partial charge in [0.15, 0.2) is 0 Å². The number of hydrogen-bond acceptors (Lipinski definition) is 5. The molecule has 0 aromatic heterocycles. The number of likely N-dealkylation sites (tertiary alicyclic amines) is 1. The standard InChI is InChI=1S/C13H15NO5/c15-7-9(16)10-11(17)12(18)13(19)14(10)6-8-4-2-1-3-5-8/h1-5,9-11,15-17H,6-7H2. The van der Waals surface area contributed by atoms with Crippen molar-refractivity contribution in [1.82, 2.24) is 4.90 Å². The Morgan fingerprint density at radius 3 is 2.42 bits per heavy atom. The third-order valence-electron chi connectivity index (χ3n) is 3.20. The zero-order valence-electron chi connectivity index (χ0n) is 10.1. The molecule has 1 saturated heterocycles. The SMILES string of the molecule is O=C1C(=O)N(Cc2ccccc2)C(C(O)CO)C1O. The Morgan fingerprint density at radius 2 is 1.84 bits per heavy atom. The van der Waals surface area contributed by atoms with Crippen molar-refractivity contribution < 1.29 is 24.9 Å². The Bertz CT molecular complexity index is 475. The molecule has 1 aliphatic rings. The number of rotatable bonds is 4. The van der Waals surface area contributed by atoms with E-state index >= 15 is 0 Å². The molecule has 3 N–H and O–H groups in total. The van der Waals surface area contributed by atoms with Gasteiger partial charge in [-0.05, 0) is 5.56 Å². The van der Waals surface area contributed by atoms with Crippen LogP contribution in [0.25, 0.3) is 0 Å². The van der Waals surface area contributed by atoms with E-state index in [0.717, 1.165) is 10.5 Å². The number of amides is 1. The van der Waals surface area contributed by atoms with Crippen LogP contribution in [0.15, 0.2) is 30.3 Å². The van der Waals surface area contributed by atoms with Crippen LogP contribution < -0.4 is 0 Å². The van der Waals surface area contributed by atoms with E-state index in [9.17, 15) is 19.8 Å². The van der Waals surface area contributed by atoms with E-state index in [-0.39, 0.29) is 6.54 Å². The summed E-state index contributed by atoms with van der Waals surface area (Å²) >= 11 is 0. The molecule has 3 unspecified atom stereocenters. The highest BCUT2D eigenvalue weighted by Crippen LogP contribution is 2.22. The van der Waals surface area contributed by atoms with E-state index in [2.05, 4.69) is 0 Å². The first kappa shape index (κ1) is 13.7. The molecule has 6 nitrogen and oxygen atoms in total. The van der Waals surface area contributed by atoms with Gasteiger partial charge in [-0.25, -0.2) is 0 Å². The lowest BCUT2D eigenvalue weighted by Crippen LogP contribution is -2.47. The summed E-state index contributed by atoms with van der Waals surface area (Å²) in [5.74, 6) is -1.79. The Kier molecular flexibility index (Phi) is 3.94. The Balaban J connectivity index is 2.25. The number of benzene rings is 1. The number of nitrogens with zero attached hydrogens (tertiary/aromatic N) is 1. The van der Waals surface area contributed by atoms with E-state index in [1.165, 1.54) is 0 Å². The van der Waals surface area contributed by atoms with E-state index in [1.807, 2.05) is 6.07 Å². The fraction of sp³-hybridized carbons (Fsp3) is 0.385. The summed E-state index contributed by atoms with van der Waals surface area (Å²) in [7, 11) is 0. The van der Waals surface area contributed by atoms with Gasteiger partial charge in [-0.3, -0.25) is 9.59 Å². The zero-order valence-corrected chi connectivity index (χ0v) is 10.1. The number of aliphatic hydroxyl groups excluding tert-OH is 3. The monoisotopic (exact) mass is 265 g/mol. The molecule has 1 aliphatic heterocycles. The van der Waals surface area contributed by atoms with Gasteiger partial charge < -0.3 is 20.2 Å². The smallest absolute Gasteiger partial charge is 0.293 e. The van der Waals surface area contributed by atoms with Gasteiger partial charge in [0, 0.05) is 6.54 Å². The number of carbonyl (C=O) groups excluding carboxylic acids is 2. The van der Waals surface area contributed by atoms with Crippen molar-refractivity contribution in [3.05, 3.63) is 35.9 Å². The van der Waals surface area contributed by atoms with Gasteiger partial charge in [0.05, 0.1) is 12.6 Å². The summed E-state index contributed by atoms with van der Waals surface area (Å²) < 4.78 is 0. The second kappa shape index (κ2) is 5.48. The van der Waals surface area contributed by atoms with Gasteiger partial charge in [-0.1, -0.05) is 30.3 Å². The average Bonchev–Trinajstić information content (AvgIpc) is 2.64. The first-order valence-corrected chi connectivity index (χ1v) is 5.92. The minimum atomic E-state index is -1.60. The summed E-state index contributed by atoms with van der Waals surface area (Å²) in [6, 6.07) is 7.81. The molecule has 0 spiro atoms. The third-order valence-corrected chi connectivity index (χ3v) is 3.20. The van der Waals surface area contributed by atoms with Crippen LogP contribution in [-0.4, -0.2) is 56.8 Å². The van der Waals surface area contributed by atoms with Gasteiger partial charge in [-0.15, -0.1) is 0 Å². The van der Waals surface area contributed by atoms with Gasteiger partial charge in [0.1, 0.15) is 12.2 Å². The van der Waals surface area contributed by atoms with E-state index < -0.39 is 36.5 Å². The topological polar surface area (TPSA) is 98.1 Å². The molecule has 1 fully saturated rings. The summed E-state index contributed by atoms with van der Waals surface area (Å²) in [4.78, 5) is 24.4. The van der Waals surface area contributed by atoms with Crippen LogP contribution in [-0.2, 0) is 16.1 Å². The quantitative estimate of drug-likeness (QED) is 0.587. The van der Waals surface area contributed by atoms with Crippen molar-refractivity contribution in [2.75, 3.05) is 6.61 Å². The molecule has 3 atom stereocenters. The van der Waals surface area contributed by atoms with Crippen LogP contribution in [0.1, 0.15) is 5.56 Å². The summed E-state index contributed by atoms with van der Waals surface area (Å²) in [6.45, 7) is -0.530. The highest BCUT2D eigenvalue weighted by molar-refractivity contribution is 6.40. The predicted molar refractivity (Wildman–Crippen MR) is 64.9 cm³/mol. The van der Waals surface area contributed by atoms with Gasteiger partial charge >= 0.3 is 0 Å². The number of aliphatic hydroxyl groups is 3. The first-order valence-electron chi connectivity index (χ1n) is 5.92. The molecule has 0 bridgehead atoms. The maximum atomic E-state index is 11.8. The highest BCUT2D eigenvalue weighted by Gasteiger charge is 2.49. The summed E-state index contributed by atoms with van der Waals surface area (Å²) in [5, 5.41) is 28.3. The molecule has 1 aromatic carbocycles. The molecular weight excluding hydrogens is 250 g/mol. The molecule has 1 amide bonds. The van der Waals surface area contributed by atoms with E-state index in [4.69, 9.17) is 5.11 Å². The van der Waals surface area contributed by atoms with E-state index in [1.54, 1.807) is 24.3 Å². The minimum Gasteiger partial charge on any atom is -0.394 e. The molecule has 1 heterocycles. The van der Waals surface area contributed by atoms with Crippen molar-refractivity contribution in [2.45, 2.75) is 24.8 Å². The molecule has 102 valence electrons. The van der Waals surface area contributed by atoms with E-state index in [0.29, 0.717) is 0 Å². The Morgan fingerprint density at radius 1 is 1.21 bits per heavy atom. The number of hydrogen-bond donors (Lipinski definition) is 3. The van der Waals surface area contributed by atoms with Crippen molar-refractivity contribution in [1.29, 1.82) is 0 Å². The lowest BCUT2D eigenvalue weighted by molar-refractivity contribution is -0.142. The van der Waals surface area contributed by atoms with Gasteiger partial charge in [0.25, 0.3) is 11.7 Å². The summed E-state index contributed by atoms with van der Waals surface area (Å²) in [6.07, 6.45) is -2.95. The van der Waals surface area contributed by atoms with Crippen LogP contribution >= 0.6 is 0 Å². The summed E-state index contributed by atoms with van der Waals surface area (Å²) in [5.41, 5.74) is 0.771. The highest BCUT2D eigenvalue weighted by atomic mass is 16.3. The van der Waals surface area contributed by atoms with Crippen LogP contribution in [0.3, 0.4) is 0 Å². The Hall–Kier alpha value is -1.76. The number of carbonyl (C=O) groups is 2. The van der Waals surface area contributed by atoms with Crippen LogP contribution in [0.2, 0.25) is 0 Å². The first-order chi connectivity index (χ1) is 9.06. The maximum absolute atomic E-state index is 11.8. The Labute approximate surface area is 109 Å². The molecule has 2 rings (SSSR count). The maximum Gasteiger partial charge on any atom is 0.293 e. The molecule has 6 heteroatoms. The molecule has 0 radical (unpaired) electrons. The number of Topliss-reactive ketones (excluding diaryl/α,β-unsaturated/α-hetero) is 1. The second-order valence-corrected chi connectivity index (χ2v) is 4.47. The molecule has 19 heavy (non-hydrogen) atoms. The van der Waals surface area contributed by atoms with Crippen LogP contribution in [0, 0.1) is 0 Å². The van der Waals surface area contributed by atoms with Crippen molar-refractivity contribution >= 4 is 11.7 Å². The van der Waals surface area contributed by atoms with Crippen molar-refractivity contribution in [3.8, 4) is 0 Å². The lowest BCUT2D eigenvalue weighted by Gasteiger charge is -2.28. The minimum absolute atomic E-state index is 0.101. The van der Waals surface area contributed by atoms with Gasteiger partial charge in [-0.2, -0.15) is 0 Å². The third kappa shape index (κ3) is 2.51. The predicted octanol–water partition coefficient (Wildman–Crippen LogP) is -1.32. The largest absolute Gasteiger partial charge is 0.394 e.